The molecule has 3 rings (SSSR count). The fraction of sp³-hybridized carbons (Fsp3) is 0.263. The van der Waals surface area contributed by atoms with Gasteiger partial charge in [0, 0.05) is 12.1 Å². The number of hydrogen-bond donors (Lipinski definition) is 2. The Morgan fingerprint density at radius 3 is 2.71 bits per heavy atom. The fourth-order valence-corrected chi connectivity index (χ4v) is 2.64. The zero-order chi connectivity index (χ0) is 16.8. The first-order valence-electron chi connectivity index (χ1n) is 8.07. The molecule has 0 spiro atoms. The van der Waals surface area contributed by atoms with E-state index < -0.39 is 0 Å². The minimum absolute atomic E-state index is 0.0399. The SMILES string of the molecule is O=C(CNC(=O)c1ccccc1)NCc1ccc2c(c1)CCCO2. The van der Waals surface area contributed by atoms with Crippen LogP contribution >= 0.6 is 0 Å². The summed E-state index contributed by atoms with van der Waals surface area (Å²) in [6, 6.07) is 14.8. The first kappa shape index (κ1) is 16.1. The summed E-state index contributed by atoms with van der Waals surface area (Å²) in [6.45, 7) is 1.17. The van der Waals surface area contributed by atoms with Crippen LogP contribution in [0.15, 0.2) is 48.5 Å². The molecule has 2 N–H and O–H groups in total. The van der Waals surface area contributed by atoms with Gasteiger partial charge in [-0.15, -0.1) is 0 Å². The van der Waals surface area contributed by atoms with E-state index in [0.717, 1.165) is 30.8 Å². The highest BCUT2D eigenvalue weighted by Gasteiger charge is 2.11. The number of carbonyl (C=O) groups excluding carboxylic acids is 2. The molecule has 1 aliphatic rings. The Bertz CT molecular complexity index is 729. The van der Waals surface area contributed by atoms with Crippen LogP contribution < -0.4 is 15.4 Å². The van der Waals surface area contributed by atoms with E-state index in [1.54, 1.807) is 24.3 Å². The molecule has 1 heterocycles. The van der Waals surface area contributed by atoms with Gasteiger partial charge in [-0.1, -0.05) is 30.3 Å². The van der Waals surface area contributed by atoms with Crippen molar-refractivity contribution in [1.29, 1.82) is 0 Å². The predicted molar refractivity (Wildman–Crippen MR) is 90.9 cm³/mol. The third kappa shape index (κ3) is 4.13. The summed E-state index contributed by atoms with van der Waals surface area (Å²) in [5.41, 5.74) is 2.76. The molecule has 2 amide bonds. The third-order valence-corrected chi connectivity index (χ3v) is 3.91. The molecular formula is C19H20N2O3. The number of amides is 2. The number of aryl methyl sites for hydroxylation is 1. The molecule has 0 aliphatic carbocycles. The Labute approximate surface area is 141 Å². The Kier molecular flexibility index (Phi) is 5.11. The fourth-order valence-electron chi connectivity index (χ4n) is 2.64. The number of nitrogens with one attached hydrogen (secondary N) is 2. The van der Waals surface area contributed by atoms with Gasteiger partial charge in [0.05, 0.1) is 13.2 Å². The molecule has 1 aliphatic heterocycles. The van der Waals surface area contributed by atoms with Gasteiger partial charge in [0.25, 0.3) is 5.91 Å². The van der Waals surface area contributed by atoms with E-state index >= 15 is 0 Å². The number of ether oxygens (including phenoxy) is 1. The van der Waals surface area contributed by atoms with Gasteiger partial charge in [-0.2, -0.15) is 0 Å². The molecule has 0 radical (unpaired) electrons. The summed E-state index contributed by atoms with van der Waals surface area (Å²) < 4.78 is 5.58. The highest BCUT2D eigenvalue weighted by atomic mass is 16.5. The van der Waals surface area contributed by atoms with Crippen molar-refractivity contribution in [2.75, 3.05) is 13.2 Å². The Balaban J connectivity index is 1.46. The number of fused-ring (bicyclic) bond motifs is 1. The molecule has 0 aromatic heterocycles. The zero-order valence-corrected chi connectivity index (χ0v) is 13.4. The summed E-state index contributed by atoms with van der Waals surface area (Å²) in [7, 11) is 0. The largest absolute Gasteiger partial charge is 0.493 e. The van der Waals surface area contributed by atoms with Crippen LogP contribution in [0, 0.1) is 0 Å². The lowest BCUT2D eigenvalue weighted by atomic mass is 10.0. The highest BCUT2D eigenvalue weighted by Crippen LogP contribution is 2.25. The van der Waals surface area contributed by atoms with E-state index in [0.29, 0.717) is 12.1 Å². The van der Waals surface area contributed by atoms with Gasteiger partial charge < -0.3 is 15.4 Å². The summed E-state index contributed by atoms with van der Waals surface area (Å²) >= 11 is 0. The second-order valence-corrected chi connectivity index (χ2v) is 5.72. The molecule has 0 bridgehead atoms. The molecule has 0 saturated heterocycles. The molecule has 124 valence electrons. The van der Waals surface area contributed by atoms with Gasteiger partial charge in [0.15, 0.2) is 0 Å². The molecule has 2 aromatic carbocycles. The third-order valence-electron chi connectivity index (χ3n) is 3.91. The quantitative estimate of drug-likeness (QED) is 0.884. The summed E-state index contributed by atoms with van der Waals surface area (Å²) in [5.74, 6) is 0.469. The number of hydrogen-bond acceptors (Lipinski definition) is 3. The number of benzene rings is 2. The van der Waals surface area contributed by atoms with Gasteiger partial charge >= 0.3 is 0 Å². The maximum atomic E-state index is 11.9. The van der Waals surface area contributed by atoms with Crippen LogP contribution in [-0.2, 0) is 17.8 Å². The van der Waals surface area contributed by atoms with Crippen LogP contribution in [0.25, 0.3) is 0 Å². The van der Waals surface area contributed by atoms with Gasteiger partial charge in [0.1, 0.15) is 5.75 Å². The van der Waals surface area contributed by atoms with E-state index in [9.17, 15) is 9.59 Å². The van der Waals surface area contributed by atoms with Crippen molar-refractivity contribution in [3.05, 3.63) is 65.2 Å². The molecular weight excluding hydrogens is 304 g/mol. The number of rotatable bonds is 5. The van der Waals surface area contributed by atoms with E-state index in [1.807, 2.05) is 18.2 Å². The van der Waals surface area contributed by atoms with Crippen LogP contribution in [0.2, 0.25) is 0 Å². The van der Waals surface area contributed by atoms with E-state index in [2.05, 4.69) is 16.7 Å². The van der Waals surface area contributed by atoms with Crippen LogP contribution in [0.1, 0.15) is 27.9 Å². The standard InChI is InChI=1S/C19H20N2O3/c22-18(13-21-19(23)15-5-2-1-3-6-15)20-12-14-8-9-17-16(11-14)7-4-10-24-17/h1-3,5-6,8-9,11H,4,7,10,12-13H2,(H,20,22)(H,21,23). The summed E-state index contributed by atoms with van der Waals surface area (Å²) in [4.78, 5) is 23.8. The highest BCUT2D eigenvalue weighted by molar-refractivity contribution is 5.96. The molecule has 0 fully saturated rings. The first-order chi connectivity index (χ1) is 11.7. The van der Waals surface area contributed by atoms with Crippen LogP contribution in [0.4, 0.5) is 0 Å². The Morgan fingerprint density at radius 2 is 1.88 bits per heavy atom. The molecule has 0 unspecified atom stereocenters. The van der Waals surface area contributed by atoms with E-state index in [4.69, 9.17) is 4.74 Å². The van der Waals surface area contributed by atoms with Gasteiger partial charge in [-0.3, -0.25) is 9.59 Å². The molecule has 0 saturated carbocycles. The predicted octanol–water partition coefficient (Wildman–Crippen LogP) is 2.06. The lowest BCUT2D eigenvalue weighted by Gasteiger charge is -2.18. The van der Waals surface area contributed by atoms with Crippen molar-refractivity contribution in [1.82, 2.24) is 10.6 Å². The van der Waals surface area contributed by atoms with E-state index in [1.165, 1.54) is 5.56 Å². The van der Waals surface area contributed by atoms with Crippen molar-refractivity contribution in [2.45, 2.75) is 19.4 Å². The van der Waals surface area contributed by atoms with Gasteiger partial charge in [-0.25, -0.2) is 0 Å². The van der Waals surface area contributed by atoms with Crippen molar-refractivity contribution < 1.29 is 14.3 Å². The average Bonchev–Trinajstić information content (AvgIpc) is 2.65. The van der Waals surface area contributed by atoms with Crippen LogP contribution in [0.5, 0.6) is 5.75 Å². The van der Waals surface area contributed by atoms with Crippen molar-refractivity contribution >= 4 is 11.8 Å². The van der Waals surface area contributed by atoms with Crippen LogP contribution in [-0.4, -0.2) is 25.0 Å². The Morgan fingerprint density at radius 1 is 1.04 bits per heavy atom. The van der Waals surface area contributed by atoms with Gasteiger partial charge in [0.2, 0.25) is 5.91 Å². The summed E-state index contributed by atoms with van der Waals surface area (Å²) in [5, 5.41) is 5.43. The van der Waals surface area contributed by atoms with Crippen molar-refractivity contribution in [3.8, 4) is 5.75 Å². The zero-order valence-electron chi connectivity index (χ0n) is 13.4. The van der Waals surface area contributed by atoms with Gasteiger partial charge in [-0.05, 0) is 42.2 Å². The second kappa shape index (κ2) is 7.64. The molecule has 2 aromatic rings. The second-order valence-electron chi connectivity index (χ2n) is 5.72. The normalized spacial score (nSPS) is 12.7. The van der Waals surface area contributed by atoms with Crippen molar-refractivity contribution in [2.24, 2.45) is 0 Å². The first-order valence-corrected chi connectivity index (χ1v) is 8.07. The average molecular weight is 324 g/mol. The lowest BCUT2D eigenvalue weighted by molar-refractivity contribution is -0.120. The maximum Gasteiger partial charge on any atom is 0.251 e. The topological polar surface area (TPSA) is 67.4 Å². The molecule has 0 atom stereocenters. The smallest absolute Gasteiger partial charge is 0.251 e. The molecule has 5 heteroatoms. The maximum absolute atomic E-state index is 11.9. The lowest BCUT2D eigenvalue weighted by Crippen LogP contribution is -2.36. The summed E-state index contributed by atoms with van der Waals surface area (Å²) in [6.07, 6.45) is 2.03. The minimum atomic E-state index is -0.253. The minimum Gasteiger partial charge on any atom is -0.493 e. The Hall–Kier alpha value is -2.82. The monoisotopic (exact) mass is 324 g/mol. The van der Waals surface area contributed by atoms with E-state index in [-0.39, 0.29) is 18.4 Å². The van der Waals surface area contributed by atoms with Crippen molar-refractivity contribution in [3.63, 3.8) is 0 Å². The number of carbonyl (C=O) groups is 2. The van der Waals surface area contributed by atoms with Crippen LogP contribution in [0.3, 0.4) is 0 Å². The molecule has 24 heavy (non-hydrogen) atoms. The molecule has 5 nitrogen and oxygen atoms in total.